The van der Waals surface area contributed by atoms with Crippen molar-refractivity contribution in [1.29, 1.82) is 0 Å². The molecule has 0 radical (unpaired) electrons. The van der Waals surface area contributed by atoms with Gasteiger partial charge in [0.2, 0.25) is 0 Å². The Morgan fingerprint density at radius 3 is 2.58 bits per heavy atom. The van der Waals surface area contributed by atoms with Crippen LogP contribution < -0.4 is 0 Å². The van der Waals surface area contributed by atoms with E-state index in [1.165, 1.54) is 0 Å². The van der Waals surface area contributed by atoms with E-state index in [-0.39, 0.29) is 0 Å². The van der Waals surface area contributed by atoms with Crippen LogP contribution in [0.4, 0.5) is 0 Å². The summed E-state index contributed by atoms with van der Waals surface area (Å²) in [6, 6.07) is 0. The molecule has 1 heterocycles. The maximum absolute atomic E-state index is 5.57. The van der Waals surface area contributed by atoms with Crippen LogP contribution in [0, 0.1) is 12.3 Å². The van der Waals surface area contributed by atoms with Crippen molar-refractivity contribution in [3.63, 3.8) is 0 Å². The Labute approximate surface area is 79.3 Å². The van der Waals surface area contributed by atoms with Crippen LogP contribution >= 0.6 is 6.34 Å². The number of terminal acetylenes is 1. The molecule has 0 saturated carbocycles. The van der Waals surface area contributed by atoms with Gasteiger partial charge < -0.3 is 4.67 Å². The lowest BCUT2D eigenvalue weighted by molar-refractivity contribution is 0.599. The van der Waals surface area contributed by atoms with Crippen LogP contribution in [-0.4, -0.2) is 36.6 Å². The molecule has 66 valence electrons. The van der Waals surface area contributed by atoms with Crippen LogP contribution in [0.25, 0.3) is 0 Å². The largest absolute Gasteiger partial charge is 0.328 e. The van der Waals surface area contributed by atoms with Crippen molar-refractivity contribution in [3.05, 3.63) is 11.8 Å². The van der Waals surface area contributed by atoms with Crippen molar-refractivity contribution >= 4 is 18.1 Å². The highest BCUT2D eigenvalue weighted by atomic mass is 32.4. The lowest BCUT2D eigenvalue weighted by atomic mass is 10.4. The van der Waals surface area contributed by atoms with Gasteiger partial charge in [0, 0.05) is 13.2 Å². The molecule has 1 atom stereocenters. The zero-order chi connectivity index (χ0) is 9.35. The molecular formula is C8H13N2PS. The Morgan fingerprint density at radius 2 is 2.33 bits per heavy atom. The van der Waals surface area contributed by atoms with Gasteiger partial charge in [-0.15, -0.1) is 6.42 Å². The summed E-state index contributed by atoms with van der Waals surface area (Å²) >= 11 is 5.57. The van der Waals surface area contributed by atoms with Crippen molar-refractivity contribution in [2.75, 3.05) is 27.3 Å². The predicted octanol–water partition coefficient (Wildman–Crippen LogP) is 1.32. The van der Waals surface area contributed by atoms with Gasteiger partial charge in [0.25, 0.3) is 0 Å². The molecule has 0 N–H and O–H groups in total. The van der Waals surface area contributed by atoms with Crippen LogP contribution in [-0.2, 0) is 11.8 Å². The van der Waals surface area contributed by atoms with E-state index in [4.69, 9.17) is 18.2 Å². The zero-order valence-electron chi connectivity index (χ0n) is 7.61. The number of nitrogens with zero attached hydrogens (tertiary/aromatic N) is 2. The van der Waals surface area contributed by atoms with Crippen molar-refractivity contribution in [2.45, 2.75) is 0 Å². The van der Waals surface area contributed by atoms with Crippen molar-refractivity contribution in [3.8, 4) is 12.3 Å². The Balaban J connectivity index is 2.94. The van der Waals surface area contributed by atoms with Gasteiger partial charge >= 0.3 is 0 Å². The summed E-state index contributed by atoms with van der Waals surface area (Å²) in [5, 5.41) is 0. The Morgan fingerprint density at radius 1 is 1.75 bits per heavy atom. The fraction of sp³-hybridized carbons (Fsp3) is 0.500. The summed E-state index contributed by atoms with van der Waals surface area (Å²) in [6.07, 6.45) is 6.78. The van der Waals surface area contributed by atoms with E-state index in [2.05, 4.69) is 21.3 Å². The van der Waals surface area contributed by atoms with Crippen LogP contribution in [0.2, 0.25) is 0 Å². The highest BCUT2D eigenvalue weighted by Crippen LogP contribution is 2.56. The molecule has 0 spiro atoms. The first-order valence-corrected chi connectivity index (χ1v) is 6.59. The third kappa shape index (κ3) is 1.31. The molecule has 0 aromatic heterocycles. The quantitative estimate of drug-likeness (QED) is 0.465. The van der Waals surface area contributed by atoms with Gasteiger partial charge in [0.1, 0.15) is 6.34 Å². The van der Waals surface area contributed by atoms with Gasteiger partial charge in [-0.3, -0.25) is 4.67 Å². The monoisotopic (exact) mass is 200 g/mol. The number of hydrogen-bond acceptors (Lipinski definition) is 1. The minimum Gasteiger partial charge on any atom is -0.328 e. The Hall–Kier alpha value is -0.290. The van der Waals surface area contributed by atoms with E-state index in [0.29, 0.717) is 0 Å². The second kappa shape index (κ2) is 3.22. The van der Waals surface area contributed by atoms with Gasteiger partial charge in [-0.05, 0) is 20.2 Å². The smallest absolute Gasteiger partial charge is 0.104 e. The van der Waals surface area contributed by atoms with E-state index in [1.807, 2.05) is 21.1 Å². The minimum atomic E-state index is -1.54. The molecule has 1 aliphatic heterocycles. The normalized spacial score (nSPS) is 28.9. The van der Waals surface area contributed by atoms with Crippen LogP contribution in [0.5, 0.6) is 0 Å². The summed E-state index contributed by atoms with van der Waals surface area (Å²) in [5.41, 5.74) is 0.937. The summed E-state index contributed by atoms with van der Waals surface area (Å²) in [7, 11) is 6.02. The highest BCUT2D eigenvalue weighted by Gasteiger charge is 2.30. The molecule has 0 amide bonds. The predicted molar refractivity (Wildman–Crippen MR) is 57.5 cm³/mol. The molecule has 4 heteroatoms. The molecule has 0 aromatic rings. The maximum Gasteiger partial charge on any atom is 0.104 e. The number of hydrogen-bond donors (Lipinski definition) is 0. The van der Waals surface area contributed by atoms with E-state index in [9.17, 15) is 0 Å². The van der Waals surface area contributed by atoms with E-state index in [0.717, 1.165) is 11.9 Å². The van der Waals surface area contributed by atoms with Gasteiger partial charge in [-0.25, -0.2) is 0 Å². The number of allylic oxidation sites excluding steroid dienone is 2. The van der Waals surface area contributed by atoms with E-state index >= 15 is 0 Å². The SMILES string of the molecule is C#CC1=CCP(=S)(N(C)C)N1C. The topological polar surface area (TPSA) is 6.48 Å². The fourth-order valence-electron chi connectivity index (χ4n) is 1.21. The minimum absolute atomic E-state index is 0.922. The molecule has 0 fully saturated rings. The van der Waals surface area contributed by atoms with Crippen molar-refractivity contribution in [2.24, 2.45) is 0 Å². The van der Waals surface area contributed by atoms with Crippen molar-refractivity contribution < 1.29 is 0 Å². The third-order valence-electron chi connectivity index (χ3n) is 2.11. The highest BCUT2D eigenvalue weighted by molar-refractivity contribution is 8.12. The fourth-order valence-corrected chi connectivity index (χ4v) is 3.69. The molecular weight excluding hydrogens is 187 g/mol. The Bertz CT molecular complexity index is 301. The van der Waals surface area contributed by atoms with Crippen molar-refractivity contribution in [1.82, 2.24) is 9.34 Å². The molecule has 2 nitrogen and oxygen atoms in total. The average Bonchev–Trinajstić information content (AvgIpc) is 2.31. The first kappa shape index (κ1) is 9.80. The van der Waals surface area contributed by atoms with Gasteiger partial charge in [0.15, 0.2) is 0 Å². The van der Waals surface area contributed by atoms with E-state index in [1.54, 1.807) is 0 Å². The molecule has 12 heavy (non-hydrogen) atoms. The summed E-state index contributed by atoms with van der Waals surface area (Å²) < 4.78 is 4.19. The van der Waals surface area contributed by atoms with Crippen LogP contribution in [0.15, 0.2) is 11.8 Å². The lowest BCUT2D eigenvalue weighted by Crippen LogP contribution is -2.20. The lowest BCUT2D eigenvalue weighted by Gasteiger charge is -2.33. The van der Waals surface area contributed by atoms with Gasteiger partial charge in [-0.2, -0.15) is 0 Å². The first-order valence-electron chi connectivity index (χ1n) is 3.70. The Kier molecular flexibility index (Phi) is 2.63. The summed E-state index contributed by atoms with van der Waals surface area (Å²) in [6.45, 7) is 0. The third-order valence-corrected chi connectivity index (χ3v) is 7.34. The molecule has 1 unspecified atom stereocenters. The van der Waals surface area contributed by atoms with E-state index < -0.39 is 6.34 Å². The molecule has 0 saturated heterocycles. The van der Waals surface area contributed by atoms with Crippen LogP contribution in [0.3, 0.4) is 0 Å². The summed E-state index contributed by atoms with van der Waals surface area (Å²) in [5.74, 6) is 2.65. The molecule has 0 bridgehead atoms. The second-order valence-electron chi connectivity index (χ2n) is 2.95. The molecule has 0 aromatic carbocycles. The second-order valence-corrected chi connectivity index (χ2v) is 7.80. The maximum atomic E-state index is 5.57. The molecule has 0 aliphatic carbocycles. The molecule has 1 rings (SSSR count). The number of rotatable bonds is 1. The standard InChI is InChI=1S/C8H13N2PS/c1-5-8-6-7-11(12,9(2)3)10(8)4/h1,6H,7H2,2-4H3. The van der Waals surface area contributed by atoms with Gasteiger partial charge in [-0.1, -0.05) is 17.7 Å². The average molecular weight is 200 g/mol. The molecule has 1 aliphatic rings. The summed E-state index contributed by atoms with van der Waals surface area (Å²) in [4.78, 5) is 0. The van der Waals surface area contributed by atoms with Gasteiger partial charge in [0.05, 0.1) is 5.70 Å². The first-order chi connectivity index (χ1) is 5.52. The van der Waals surface area contributed by atoms with Crippen LogP contribution in [0.1, 0.15) is 0 Å². The zero-order valence-corrected chi connectivity index (χ0v) is 9.32.